The van der Waals surface area contributed by atoms with Crippen LogP contribution in [-0.2, 0) is 4.74 Å². The van der Waals surface area contributed by atoms with Crippen LogP contribution in [0.5, 0.6) is 0 Å². The second-order valence-corrected chi connectivity index (χ2v) is 9.94. The summed E-state index contributed by atoms with van der Waals surface area (Å²) in [5.41, 5.74) is 1.09. The number of piperazine rings is 2. The molecule has 5 heterocycles. The molecular weight excluding hydrogens is 456 g/mol. The molecular formula is C24H29F2N7O2. The van der Waals surface area contributed by atoms with Gasteiger partial charge in [-0.2, -0.15) is 5.10 Å². The molecule has 3 aromatic heterocycles. The van der Waals surface area contributed by atoms with Crippen molar-refractivity contribution in [1.82, 2.24) is 29.4 Å². The van der Waals surface area contributed by atoms with E-state index in [1.165, 1.54) is 10.6 Å². The van der Waals surface area contributed by atoms with Gasteiger partial charge in [-0.05, 0) is 45.0 Å². The molecule has 186 valence electrons. The molecule has 0 radical (unpaired) electrons. The van der Waals surface area contributed by atoms with E-state index < -0.39 is 12.0 Å². The van der Waals surface area contributed by atoms with Gasteiger partial charge in [-0.1, -0.05) is 0 Å². The number of halogens is 2. The molecule has 0 bridgehead atoms. The topological polar surface area (TPSA) is 79.1 Å². The minimum absolute atomic E-state index is 0.168. The van der Waals surface area contributed by atoms with Crippen molar-refractivity contribution in [3.8, 4) is 11.3 Å². The highest BCUT2D eigenvalue weighted by Crippen LogP contribution is 2.27. The summed E-state index contributed by atoms with van der Waals surface area (Å²) in [7, 11) is 0. The molecule has 3 aromatic rings. The fourth-order valence-corrected chi connectivity index (χ4v) is 4.61. The molecule has 9 nitrogen and oxygen atoms in total. The molecule has 2 aliphatic rings. The number of nitrogens with zero attached hydrogens (tertiary/aromatic N) is 7. The van der Waals surface area contributed by atoms with Crippen molar-refractivity contribution in [3.05, 3.63) is 42.4 Å². The van der Waals surface area contributed by atoms with Gasteiger partial charge < -0.3 is 14.5 Å². The third kappa shape index (κ3) is 4.90. The molecule has 0 aromatic carbocycles. The number of alkyl halides is 2. The number of pyridine rings is 1. The SMILES string of the molecule is CC(C)(C)OC(=O)N1CCN2CCN(c3cc(-c4cnc5ccc(C(F)F)nn45)ccn3)CC2C1. The lowest BCUT2D eigenvalue weighted by molar-refractivity contribution is 0.00214. The fourth-order valence-electron chi connectivity index (χ4n) is 4.61. The Morgan fingerprint density at radius 2 is 1.89 bits per heavy atom. The number of hydrogen-bond donors (Lipinski definition) is 0. The zero-order chi connectivity index (χ0) is 24.7. The molecule has 0 aliphatic carbocycles. The molecule has 0 saturated carbocycles. The van der Waals surface area contributed by atoms with Crippen molar-refractivity contribution in [2.24, 2.45) is 0 Å². The number of anilines is 1. The van der Waals surface area contributed by atoms with Crippen molar-refractivity contribution in [2.75, 3.05) is 44.2 Å². The first-order valence-electron chi connectivity index (χ1n) is 11.7. The molecule has 1 atom stereocenters. The quantitative estimate of drug-likeness (QED) is 0.562. The molecule has 0 N–H and O–H groups in total. The van der Waals surface area contributed by atoms with Crippen molar-refractivity contribution >= 4 is 17.6 Å². The van der Waals surface area contributed by atoms with Gasteiger partial charge in [-0.15, -0.1) is 0 Å². The highest BCUT2D eigenvalue weighted by molar-refractivity contribution is 5.68. The summed E-state index contributed by atoms with van der Waals surface area (Å²) >= 11 is 0. The minimum atomic E-state index is -2.66. The van der Waals surface area contributed by atoms with Crippen LogP contribution >= 0.6 is 0 Å². The zero-order valence-electron chi connectivity index (χ0n) is 20.1. The van der Waals surface area contributed by atoms with Gasteiger partial charge in [0.2, 0.25) is 0 Å². The van der Waals surface area contributed by atoms with Gasteiger partial charge in [-0.3, -0.25) is 4.90 Å². The van der Waals surface area contributed by atoms with Gasteiger partial charge in [0.15, 0.2) is 5.65 Å². The Bertz CT molecular complexity index is 1230. The van der Waals surface area contributed by atoms with Crippen LogP contribution < -0.4 is 4.90 Å². The number of imidazole rings is 1. The van der Waals surface area contributed by atoms with Crippen LogP contribution in [0, 0.1) is 0 Å². The van der Waals surface area contributed by atoms with E-state index in [0.717, 1.165) is 37.6 Å². The zero-order valence-corrected chi connectivity index (χ0v) is 20.1. The Hall–Kier alpha value is -3.34. The third-order valence-electron chi connectivity index (χ3n) is 6.32. The van der Waals surface area contributed by atoms with Crippen molar-refractivity contribution < 1.29 is 18.3 Å². The molecule has 11 heteroatoms. The maximum absolute atomic E-state index is 13.2. The summed E-state index contributed by atoms with van der Waals surface area (Å²) in [6.07, 6.45) is 0.405. The van der Waals surface area contributed by atoms with Gasteiger partial charge in [0.1, 0.15) is 17.1 Å². The Morgan fingerprint density at radius 1 is 1.09 bits per heavy atom. The van der Waals surface area contributed by atoms with E-state index in [2.05, 4.69) is 24.9 Å². The largest absolute Gasteiger partial charge is 0.444 e. The lowest BCUT2D eigenvalue weighted by atomic mass is 10.1. The maximum atomic E-state index is 13.2. The van der Waals surface area contributed by atoms with Gasteiger partial charge >= 0.3 is 6.09 Å². The van der Waals surface area contributed by atoms with Gasteiger partial charge in [0.05, 0.1) is 11.9 Å². The van der Waals surface area contributed by atoms with Crippen molar-refractivity contribution in [1.29, 1.82) is 0 Å². The van der Waals surface area contributed by atoms with E-state index in [-0.39, 0.29) is 17.8 Å². The normalized spacial score (nSPS) is 19.3. The van der Waals surface area contributed by atoms with Crippen LogP contribution in [0.25, 0.3) is 16.9 Å². The summed E-state index contributed by atoms with van der Waals surface area (Å²) in [6.45, 7) is 10.1. The molecule has 35 heavy (non-hydrogen) atoms. The molecule has 2 aliphatic heterocycles. The number of ether oxygens (including phenoxy) is 1. The Balaban J connectivity index is 1.34. The van der Waals surface area contributed by atoms with E-state index >= 15 is 0 Å². The molecule has 1 unspecified atom stereocenters. The fraction of sp³-hybridized carbons (Fsp3) is 0.500. The first kappa shape index (κ1) is 23.4. The summed E-state index contributed by atoms with van der Waals surface area (Å²) in [6, 6.07) is 6.76. The van der Waals surface area contributed by atoms with E-state index in [1.54, 1.807) is 23.4 Å². The molecule has 1 amide bonds. The first-order valence-corrected chi connectivity index (χ1v) is 11.7. The monoisotopic (exact) mass is 485 g/mol. The third-order valence-corrected chi connectivity index (χ3v) is 6.32. The second-order valence-electron chi connectivity index (χ2n) is 9.94. The summed E-state index contributed by atoms with van der Waals surface area (Å²) < 4.78 is 33.4. The van der Waals surface area contributed by atoms with Gasteiger partial charge in [0, 0.05) is 57.1 Å². The molecule has 5 rings (SSSR count). The van der Waals surface area contributed by atoms with Gasteiger partial charge in [-0.25, -0.2) is 28.1 Å². The van der Waals surface area contributed by atoms with Crippen LogP contribution in [0.4, 0.5) is 19.4 Å². The van der Waals surface area contributed by atoms with Crippen molar-refractivity contribution in [3.63, 3.8) is 0 Å². The summed E-state index contributed by atoms with van der Waals surface area (Å²) in [5.74, 6) is 0.788. The predicted octanol–water partition coefficient (Wildman–Crippen LogP) is 3.47. The number of fused-ring (bicyclic) bond motifs is 2. The van der Waals surface area contributed by atoms with Crippen LogP contribution in [0.2, 0.25) is 0 Å². The summed E-state index contributed by atoms with van der Waals surface area (Å²) in [4.78, 5) is 27.9. The average Bonchev–Trinajstić information content (AvgIpc) is 3.25. The maximum Gasteiger partial charge on any atom is 0.410 e. The van der Waals surface area contributed by atoms with Gasteiger partial charge in [0.25, 0.3) is 6.43 Å². The number of aromatic nitrogens is 4. The average molecular weight is 486 g/mol. The lowest BCUT2D eigenvalue weighted by Crippen LogP contribution is -2.63. The van der Waals surface area contributed by atoms with Crippen LogP contribution in [0.1, 0.15) is 32.9 Å². The van der Waals surface area contributed by atoms with E-state index in [9.17, 15) is 13.6 Å². The Morgan fingerprint density at radius 3 is 2.66 bits per heavy atom. The molecule has 0 spiro atoms. The Kier molecular flexibility index (Phi) is 6.04. The number of amides is 1. The lowest BCUT2D eigenvalue weighted by Gasteiger charge is -2.47. The minimum Gasteiger partial charge on any atom is -0.444 e. The number of hydrogen-bond acceptors (Lipinski definition) is 7. The van der Waals surface area contributed by atoms with Crippen LogP contribution in [0.15, 0.2) is 36.7 Å². The van der Waals surface area contributed by atoms with Crippen LogP contribution in [-0.4, -0.2) is 86.4 Å². The second kappa shape index (κ2) is 9.03. The highest BCUT2D eigenvalue weighted by atomic mass is 19.3. The van der Waals surface area contributed by atoms with Crippen LogP contribution in [0.3, 0.4) is 0 Å². The standard InChI is InChI=1S/C24H29F2N7O2/c1-24(2,3)35-23(34)32-11-9-30-8-10-31(14-17(30)15-32)21-12-16(6-7-27-21)19-13-28-20-5-4-18(22(25)26)29-33(19)20/h4-7,12-13,17,22H,8-11,14-15H2,1-3H3. The van der Waals surface area contributed by atoms with E-state index in [1.807, 2.05) is 32.9 Å². The number of carbonyl (C=O) groups excluding carboxylic acids is 1. The van der Waals surface area contributed by atoms with E-state index in [4.69, 9.17) is 4.74 Å². The number of carbonyl (C=O) groups is 1. The first-order chi connectivity index (χ1) is 16.7. The molecule has 2 saturated heterocycles. The van der Waals surface area contributed by atoms with Crippen molar-refractivity contribution in [2.45, 2.75) is 38.8 Å². The number of rotatable bonds is 3. The highest BCUT2D eigenvalue weighted by Gasteiger charge is 2.35. The molecule has 2 fully saturated rings. The summed E-state index contributed by atoms with van der Waals surface area (Å²) in [5, 5.41) is 4.07. The van der Waals surface area contributed by atoms with E-state index in [0.29, 0.717) is 24.4 Å². The predicted molar refractivity (Wildman–Crippen MR) is 127 cm³/mol. The Labute approximate surface area is 202 Å². The smallest absolute Gasteiger partial charge is 0.410 e.